The predicted octanol–water partition coefficient (Wildman–Crippen LogP) is 1.84. The fraction of sp³-hybridized carbons (Fsp3) is 0.357. The van der Waals surface area contributed by atoms with E-state index in [2.05, 4.69) is 4.74 Å². The van der Waals surface area contributed by atoms with E-state index in [1.807, 2.05) is 6.07 Å². The molecule has 5 heteroatoms. The molecular weight excluding hydrogens is 246 g/mol. The smallest absolute Gasteiger partial charge is 0.339 e. The Hall–Kier alpha value is -2.35. The molecule has 0 N–H and O–H groups in total. The van der Waals surface area contributed by atoms with Gasteiger partial charge in [-0.05, 0) is 31.0 Å². The second kappa shape index (κ2) is 7.17. The van der Waals surface area contributed by atoms with Crippen LogP contribution in [0, 0.1) is 11.3 Å². The van der Waals surface area contributed by atoms with E-state index in [1.54, 1.807) is 25.1 Å². The monoisotopic (exact) mass is 261 g/mol. The van der Waals surface area contributed by atoms with E-state index in [1.165, 1.54) is 7.11 Å². The summed E-state index contributed by atoms with van der Waals surface area (Å²) in [6, 6.07) is 6.76. The fourth-order valence-corrected chi connectivity index (χ4v) is 1.60. The molecule has 0 amide bonds. The van der Waals surface area contributed by atoms with Gasteiger partial charge in [0.05, 0.1) is 24.8 Å². The molecule has 0 spiro atoms. The van der Waals surface area contributed by atoms with Crippen molar-refractivity contribution in [2.45, 2.75) is 19.8 Å². The van der Waals surface area contributed by atoms with Gasteiger partial charge in [0.1, 0.15) is 6.07 Å². The van der Waals surface area contributed by atoms with Crippen molar-refractivity contribution in [2.75, 3.05) is 13.7 Å². The number of ether oxygens (including phenoxy) is 2. The zero-order valence-electron chi connectivity index (χ0n) is 10.9. The first-order valence-corrected chi connectivity index (χ1v) is 5.89. The maximum Gasteiger partial charge on any atom is 0.339 e. The molecule has 0 aliphatic carbocycles. The highest BCUT2D eigenvalue weighted by Gasteiger charge is 2.13. The van der Waals surface area contributed by atoms with Crippen molar-refractivity contribution in [3.63, 3.8) is 0 Å². The Morgan fingerprint density at radius 3 is 2.68 bits per heavy atom. The van der Waals surface area contributed by atoms with Crippen molar-refractivity contribution in [1.82, 2.24) is 0 Å². The second-order valence-corrected chi connectivity index (χ2v) is 3.79. The third kappa shape index (κ3) is 4.11. The molecule has 1 rings (SSSR count). The molecule has 0 atom stereocenters. The number of aryl methyl sites for hydroxylation is 1. The van der Waals surface area contributed by atoms with Crippen molar-refractivity contribution in [1.29, 1.82) is 5.26 Å². The molecule has 0 aliphatic rings. The largest absolute Gasteiger partial charge is 0.466 e. The molecule has 0 unspecified atom stereocenters. The molecule has 100 valence electrons. The van der Waals surface area contributed by atoms with Crippen LogP contribution in [0.1, 0.15) is 34.8 Å². The van der Waals surface area contributed by atoms with Crippen LogP contribution in [0.15, 0.2) is 18.2 Å². The SMILES string of the molecule is CCOC(=O)CCc1ccc(C#N)c(C(=O)OC)c1. The average Bonchev–Trinajstić information content (AvgIpc) is 2.44. The molecule has 0 bridgehead atoms. The number of nitriles is 1. The van der Waals surface area contributed by atoms with Crippen molar-refractivity contribution in [3.8, 4) is 6.07 Å². The van der Waals surface area contributed by atoms with Crippen LogP contribution in [0.5, 0.6) is 0 Å². The number of methoxy groups -OCH3 is 1. The third-order valence-electron chi connectivity index (χ3n) is 2.53. The standard InChI is InChI=1S/C14H15NO4/c1-3-19-13(16)7-5-10-4-6-11(9-15)12(8-10)14(17)18-2/h4,6,8H,3,5,7H2,1-2H3. The van der Waals surface area contributed by atoms with Crippen LogP contribution in [0.4, 0.5) is 0 Å². The van der Waals surface area contributed by atoms with Gasteiger partial charge in [0.2, 0.25) is 0 Å². The molecular formula is C14H15NO4. The quantitative estimate of drug-likeness (QED) is 0.756. The molecule has 1 aromatic carbocycles. The molecule has 0 heterocycles. The van der Waals surface area contributed by atoms with Crippen LogP contribution >= 0.6 is 0 Å². The summed E-state index contributed by atoms with van der Waals surface area (Å²) in [6.07, 6.45) is 0.689. The highest BCUT2D eigenvalue weighted by molar-refractivity contribution is 5.92. The number of rotatable bonds is 5. The summed E-state index contributed by atoms with van der Waals surface area (Å²) in [7, 11) is 1.26. The Balaban J connectivity index is 2.84. The van der Waals surface area contributed by atoms with Crippen LogP contribution < -0.4 is 0 Å². The maximum atomic E-state index is 11.5. The predicted molar refractivity (Wildman–Crippen MR) is 67.5 cm³/mol. The van der Waals surface area contributed by atoms with Crippen LogP contribution in [-0.2, 0) is 20.7 Å². The van der Waals surface area contributed by atoms with E-state index in [-0.39, 0.29) is 23.5 Å². The summed E-state index contributed by atoms with van der Waals surface area (Å²) in [6.45, 7) is 2.09. The normalized spacial score (nSPS) is 9.53. The topological polar surface area (TPSA) is 76.4 Å². The highest BCUT2D eigenvalue weighted by atomic mass is 16.5. The van der Waals surface area contributed by atoms with E-state index >= 15 is 0 Å². The van der Waals surface area contributed by atoms with Gasteiger partial charge in [0, 0.05) is 6.42 Å². The van der Waals surface area contributed by atoms with Gasteiger partial charge >= 0.3 is 11.9 Å². The lowest BCUT2D eigenvalue weighted by Crippen LogP contribution is -2.07. The lowest BCUT2D eigenvalue weighted by atomic mass is 10.0. The summed E-state index contributed by atoms with van der Waals surface area (Å²) in [5.41, 5.74) is 1.26. The molecule has 0 fully saturated rings. The number of hydrogen-bond acceptors (Lipinski definition) is 5. The van der Waals surface area contributed by atoms with Gasteiger partial charge in [-0.1, -0.05) is 6.07 Å². The Bertz CT molecular complexity index is 517. The van der Waals surface area contributed by atoms with Crippen LogP contribution in [0.2, 0.25) is 0 Å². The summed E-state index contributed by atoms with van der Waals surface area (Å²) in [5, 5.41) is 8.91. The van der Waals surface area contributed by atoms with Gasteiger partial charge in [-0.2, -0.15) is 5.26 Å². The number of esters is 2. The lowest BCUT2D eigenvalue weighted by Gasteiger charge is -2.06. The molecule has 19 heavy (non-hydrogen) atoms. The average molecular weight is 261 g/mol. The first-order valence-electron chi connectivity index (χ1n) is 5.89. The number of hydrogen-bond donors (Lipinski definition) is 0. The summed E-state index contributed by atoms with van der Waals surface area (Å²) >= 11 is 0. The van der Waals surface area contributed by atoms with E-state index in [0.717, 1.165) is 5.56 Å². The maximum absolute atomic E-state index is 11.5. The summed E-state index contributed by atoms with van der Waals surface area (Å²) in [4.78, 5) is 22.8. The van der Waals surface area contributed by atoms with Crippen LogP contribution in [0.25, 0.3) is 0 Å². The van der Waals surface area contributed by atoms with E-state index in [4.69, 9.17) is 10.00 Å². The third-order valence-corrected chi connectivity index (χ3v) is 2.53. The van der Waals surface area contributed by atoms with Crippen molar-refractivity contribution < 1.29 is 19.1 Å². The second-order valence-electron chi connectivity index (χ2n) is 3.79. The van der Waals surface area contributed by atoms with Crippen molar-refractivity contribution >= 4 is 11.9 Å². The van der Waals surface area contributed by atoms with Crippen molar-refractivity contribution in [3.05, 3.63) is 34.9 Å². The molecule has 0 aromatic heterocycles. The summed E-state index contributed by atoms with van der Waals surface area (Å²) in [5.74, 6) is -0.846. The minimum absolute atomic E-state index is 0.214. The van der Waals surface area contributed by atoms with Crippen LogP contribution in [-0.4, -0.2) is 25.7 Å². The number of carbonyl (C=O) groups is 2. The number of nitrogens with zero attached hydrogens (tertiary/aromatic N) is 1. The van der Waals surface area contributed by atoms with Gasteiger partial charge in [0.25, 0.3) is 0 Å². The van der Waals surface area contributed by atoms with E-state index in [0.29, 0.717) is 13.0 Å². The molecule has 1 aromatic rings. The van der Waals surface area contributed by atoms with Gasteiger partial charge in [-0.15, -0.1) is 0 Å². The molecule has 5 nitrogen and oxygen atoms in total. The van der Waals surface area contributed by atoms with E-state index < -0.39 is 5.97 Å². The highest BCUT2D eigenvalue weighted by Crippen LogP contribution is 2.14. The molecule has 0 saturated heterocycles. The minimum Gasteiger partial charge on any atom is -0.466 e. The molecule has 0 aliphatic heterocycles. The van der Waals surface area contributed by atoms with E-state index in [9.17, 15) is 9.59 Å². The Morgan fingerprint density at radius 1 is 1.37 bits per heavy atom. The van der Waals surface area contributed by atoms with Gasteiger partial charge in [-0.3, -0.25) is 4.79 Å². The van der Waals surface area contributed by atoms with Gasteiger partial charge in [0.15, 0.2) is 0 Å². The Labute approximate surface area is 111 Å². The Kier molecular flexibility index (Phi) is 5.55. The molecule has 0 radical (unpaired) electrons. The first kappa shape index (κ1) is 14.7. The van der Waals surface area contributed by atoms with Crippen molar-refractivity contribution in [2.24, 2.45) is 0 Å². The lowest BCUT2D eigenvalue weighted by molar-refractivity contribution is -0.143. The Morgan fingerprint density at radius 2 is 2.11 bits per heavy atom. The number of carbonyl (C=O) groups excluding carboxylic acids is 2. The molecule has 0 saturated carbocycles. The zero-order valence-corrected chi connectivity index (χ0v) is 10.9. The minimum atomic E-state index is -0.561. The first-order chi connectivity index (χ1) is 9.12. The van der Waals surface area contributed by atoms with Gasteiger partial charge in [-0.25, -0.2) is 4.79 Å². The van der Waals surface area contributed by atoms with Gasteiger partial charge < -0.3 is 9.47 Å². The number of benzene rings is 1. The zero-order chi connectivity index (χ0) is 14.3. The summed E-state index contributed by atoms with van der Waals surface area (Å²) < 4.78 is 9.44. The fourth-order valence-electron chi connectivity index (χ4n) is 1.60. The van der Waals surface area contributed by atoms with Crippen LogP contribution in [0.3, 0.4) is 0 Å².